The fourth-order valence-corrected chi connectivity index (χ4v) is 0. The van der Waals surface area contributed by atoms with Crippen LogP contribution in [0.4, 0.5) is 0 Å². The van der Waals surface area contributed by atoms with Gasteiger partial charge in [0.15, 0.2) is 0 Å². The molecule has 0 heterocycles. The average molecular weight is 382 g/mol. The maximum Gasteiger partial charge on any atom is 1.00 e. The Labute approximate surface area is 124 Å². The zero-order valence-corrected chi connectivity index (χ0v) is 13.0. The fraction of sp³-hybridized carbons (Fsp3) is 0. The second-order valence-corrected chi connectivity index (χ2v) is 7.61. The third-order valence-corrected chi connectivity index (χ3v) is 0. The van der Waals surface area contributed by atoms with Gasteiger partial charge in [0, 0.05) is 0 Å². The Balaban J connectivity index is -0.00000000450. The first-order valence-electron chi connectivity index (χ1n) is 0.378. The van der Waals surface area contributed by atoms with Crippen LogP contribution in [0.2, 0.25) is 0 Å². The molecule has 6 N–H and O–H groups in total. The van der Waals surface area contributed by atoms with E-state index in [1.807, 2.05) is 0 Å². The molecule has 9 heteroatoms. The second-order valence-electron chi connectivity index (χ2n) is 0.143. The molecule has 0 spiro atoms. The minimum Gasteiger partial charge on any atom is 1.00 e. The minimum atomic E-state index is -1.66. The van der Waals surface area contributed by atoms with E-state index in [4.69, 9.17) is 29.1 Å². The molecule has 0 aromatic carbocycles. The van der Waals surface area contributed by atoms with Crippen molar-refractivity contribution in [2.75, 3.05) is 0 Å². The van der Waals surface area contributed by atoms with Crippen LogP contribution in [0.1, 0.15) is 0 Å². The molecule has 0 aliphatic heterocycles. The van der Waals surface area contributed by atoms with E-state index in [0.717, 1.165) is 0 Å². The van der Waals surface area contributed by atoms with E-state index in [0.29, 0.717) is 0 Å². The summed E-state index contributed by atoms with van der Waals surface area (Å²) in [7, 11) is 14.8. The van der Waals surface area contributed by atoms with Crippen molar-refractivity contribution in [1.82, 2.24) is 0 Å². The van der Waals surface area contributed by atoms with Gasteiger partial charge in [0.25, 0.3) is 0 Å². The summed E-state index contributed by atoms with van der Waals surface area (Å²) in [5.74, 6) is 0. The molecular weight excluding hydrogens is 376 g/mol. The smallest absolute Gasteiger partial charge is 1.00 e. The SMILES string of the molecule is O.O.O.[Br-].[Cl][Rh]([Cl])[Cl].[K+]. The predicted octanol–water partition coefficient (Wildman–Crippen LogP) is -6.40. The number of rotatable bonds is 0. The largest absolute Gasteiger partial charge is 1.00 e. The molecule has 0 amide bonds. The van der Waals surface area contributed by atoms with E-state index in [2.05, 4.69) is 0 Å². The summed E-state index contributed by atoms with van der Waals surface area (Å²) in [6.45, 7) is 0. The Kier molecular flexibility index (Phi) is 131. The van der Waals surface area contributed by atoms with E-state index in [-0.39, 0.29) is 84.8 Å². The zero-order valence-electron chi connectivity index (χ0n) is 4.35. The molecule has 0 atom stereocenters. The molecule has 0 aliphatic carbocycles. The van der Waals surface area contributed by atoms with Gasteiger partial charge in [-0.05, 0) is 0 Å². The number of hydrogen-bond acceptors (Lipinski definition) is 0. The molecule has 62 valence electrons. The molecule has 0 rings (SSSR count). The summed E-state index contributed by atoms with van der Waals surface area (Å²) in [5, 5.41) is 0. The summed E-state index contributed by atoms with van der Waals surface area (Å²) >= 11 is -1.66. The van der Waals surface area contributed by atoms with Crippen LogP contribution in [0, 0.1) is 0 Å². The summed E-state index contributed by atoms with van der Waals surface area (Å²) in [6.07, 6.45) is 0. The van der Waals surface area contributed by atoms with Gasteiger partial charge in [-0.15, -0.1) is 0 Å². The first-order valence-corrected chi connectivity index (χ1v) is 6.71. The number of halogens is 4. The van der Waals surface area contributed by atoms with Gasteiger partial charge in [-0.25, -0.2) is 0 Å². The Morgan fingerprint density at radius 2 is 0.778 bits per heavy atom. The monoisotopic (exact) mass is 380 g/mol. The molecule has 0 aromatic heterocycles. The van der Waals surface area contributed by atoms with Gasteiger partial charge >= 0.3 is 93.4 Å². The minimum absolute atomic E-state index is 0. The van der Waals surface area contributed by atoms with E-state index in [1.54, 1.807) is 0 Å². The van der Waals surface area contributed by atoms with Crippen molar-refractivity contribution in [3.8, 4) is 0 Å². The van der Waals surface area contributed by atoms with Gasteiger partial charge in [-0.2, -0.15) is 0 Å². The average Bonchev–Trinajstić information content (AvgIpc) is 0.811. The van der Waals surface area contributed by atoms with E-state index in [9.17, 15) is 0 Å². The second kappa shape index (κ2) is 30.0. The van der Waals surface area contributed by atoms with Gasteiger partial charge in [0.2, 0.25) is 0 Å². The fourth-order valence-electron chi connectivity index (χ4n) is 0. The Bertz CT molecular complexity index is 23.8. The van der Waals surface area contributed by atoms with Crippen LogP contribution in [0.25, 0.3) is 0 Å². The van der Waals surface area contributed by atoms with Gasteiger partial charge in [-0.1, -0.05) is 0 Å². The third-order valence-electron chi connectivity index (χ3n) is 0. The molecule has 3 nitrogen and oxygen atoms in total. The van der Waals surface area contributed by atoms with Crippen LogP contribution in [-0.4, -0.2) is 16.4 Å². The summed E-state index contributed by atoms with van der Waals surface area (Å²) in [4.78, 5) is 0. The van der Waals surface area contributed by atoms with Crippen LogP contribution >= 0.6 is 29.1 Å². The van der Waals surface area contributed by atoms with Crippen molar-refractivity contribution < 1.29 is 97.8 Å². The normalized spacial score (nSPS) is 5.00. The Hall–Kier alpha value is 3.49. The Morgan fingerprint density at radius 3 is 0.778 bits per heavy atom. The third kappa shape index (κ3) is 85.0. The molecule has 0 radical (unpaired) electrons. The first-order chi connectivity index (χ1) is 1.73. The standard InChI is InChI=1S/BrH.3ClH.K.3H2O.Rh/h4*1H;;3*1H2;/q;;;;+1;;;;+3/p-4. The van der Waals surface area contributed by atoms with E-state index < -0.39 is 13.0 Å². The van der Waals surface area contributed by atoms with Crippen molar-refractivity contribution in [3.05, 3.63) is 0 Å². The van der Waals surface area contributed by atoms with Crippen LogP contribution in [0.15, 0.2) is 0 Å². The molecule has 0 saturated heterocycles. The maximum atomic E-state index is 4.94. The van der Waals surface area contributed by atoms with Crippen molar-refractivity contribution in [2.24, 2.45) is 0 Å². The summed E-state index contributed by atoms with van der Waals surface area (Å²) < 4.78 is 0. The van der Waals surface area contributed by atoms with E-state index >= 15 is 0 Å². The van der Waals surface area contributed by atoms with E-state index in [1.165, 1.54) is 0 Å². The molecule has 0 fully saturated rings. The molecule has 9 heavy (non-hydrogen) atoms. The maximum absolute atomic E-state index is 4.94. The Morgan fingerprint density at radius 1 is 0.778 bits per heavy atom. The van der Waals surface area contributed by atoms with Crippen molar-refractivity contribution in [3.63, 3.8) is 0 Å². The van der Waals surface area contributed by atoms with Crippen LogP contribution < -0.4 is 68.4 Å². The van der Waals surface area contributed by atoms with Crippen molar-refractivity contribution in [1.29, 1.82) is 0 Å². The van der Waals surface area contributed by atoms with Crippen LogP contribution in [-0.2, 0) is 13.0 Å². The zero-order chi connectivity index (χ0) is 3.58. The number of hydrogen-bond donors (Lipinski definition) is 0. The van der Waals surface area contributed by atoms with Gasteiger partial charge in [-0.3, -0.25) is 0 Å². The molecule has 0 bridgehead atoms. The van der Waals surface area contributed by atoms with Crippen LogP contribution in [0.5, 0.6) is 0 Å². The molecule has 0 saturated carbocycles. The van der Waals surface area contributed by atoms with Crippen LogP contribution in [0.3, 0.4) is 0 Å². The summed E-state index contributed by atoms with van der Waals surface area (Å²) in [5.41, 5.74) is 0. The molecule has 0 aromatic rings. The van der Waals surface area contributed by atoms with Gasteiger partial charge < -0.3 is 33.4 Å². The summed E-state index contributed by atoms with van der Waals surface area (Å²) in [6, 6.07) is 0. The molecule has 0 unspecified atom stereocenters. The van der Waals surface area contributed by atoms with Gasteiger partial charge in [0.1, 0.15) is 0 Å². The molecule has 0 aliphatic rings. The van der Waals surface area contributed by atoms with Gasteiger partial charge in [0.05, 0.1) is 0 Å². The predicted molar refractivity (Wildman–Crippen MR) is 28.4 cm³/mol. The quantitative estimate of drug-likeness (QED) is 0.373. The van der Waals surface area contributed by atoms with Crippen molar-refractivity contribution >= 4 is 29.1 Å². The molecular formula is H6BrCl3KO3Rh. The first kappa shape index (κ1) is 39.1. The topological polar surface area (TPSA) is 94.5 Å². The van der Waals surface area contributed by atoms with Crippen molar-refractivity contribution in [2.45, 2.75) is 0 Å².